The van der Waals surface area contributed by atoms with Crippen molar-refractivity contribution < 1.29 is 9.50 Å². The molecule has 84 valence electrons. The van der Waals surface area contributed by atoms with Crippen LogP contribution in [0.4, 0.5) is 4.39 Å². The predicted molar refractivity (Wildman–Crippen MR) is 59.1 cm³/mol. The van der Waals surface area contributed by atoms with E-state index in [1.165, 1.54) is 12.1 Å². The third-order valence-electron chi connectivity index (χ3n) is 2.38. The molecule has 1 aromatic rings. The molecule has 2 N–H and O–H groups in total. The van der Waals surface area contributed by atoms with Gasteiger partial charge in [-0.3, -0.25) is 0 Å². The molecule has 3 heteroatoms. The van der Waals surface area contributed by atoms with Crippen LogP contribution in [0.2, 0.25) is 0 Å². The van der Waals surface area contributed by atoms with Gasteiger partial charge in [-0.25, -0.2) is 4.39 Å². The van der Waals surface area contributed by atoms with E-state index < -0.39 is 0 Å². The highest BCUT2D eigenvalue weighted by Gasteiger charge is 2.04. The van der Waals surface area contributed by atoms with Gasteiger partial charge in [0.15, 0.2) is 0 Å². The number of rotatable bonds is 5. The molecule has 2 atom stereocenters. The minimum Gasteiger partial charge on any atom is -0.393 e. The average molecular weight is 211 g/mol. The maximum Gasteiger partial charge on any atom is 0.123 e. The Morgan fingerprint density at radius 2 is 1.87 bits per heavy atom. The van der Waals surface area contributed by atoms with Crippen LogP contribution in [-0.4, -0.2) is 17.8 Å². The van der Waals surface area contributed by atoms with Crippen LogP contribution in [0, 0.1) is 5.82 Å². The third kappa shape index (κ3) is 4.40. The van der Waals surface area contributed by atoms with Gasteiger partial charge in [-0.15, -0.1) is 0 Å². The van der Waals surface area contributed by atoms with Crippen LogP contribution >= 0.6 is 0 Å². The van der Waals surface area contributed by atoms with Crippen molar-refractivity contribution in [1.29, 1.82) is 0 Å². The molecule has 0 aliphatic heterocycles. The summed E-state index contributed by atoms with van der Waals surface area (Å²) in [6.07, 6.45) is 0.448. The Balaban J connectivity index is 2.40. The van der Waals surface area contributed by atoms with Crippen LogP contribution in [0.3, 0.4) is 0 Å². The highest BCUT2D eigenvalue weighted by molar-refractivity contribution is 5.19. The van der Waals surface area contributed by atoms with E-state index in [-0.39, 0.29) is 18.0 Å². The molecule has 0 aliphatic carbocycles. The fourth-order valence-electron chi connectivity index (χ4n) is 1.38. The molecule has 2 nitrogen and oxygen atoms in total. The van der Waals surface area contributed by atoms with Crippen LogP contribution in [0.1, 0.15) is 31.9 Å². The normalized spacial score (nSPS) is 14.9. The Morgan fingerprint density at radius 3 is 2.40 bits per heavy atom. The first-order valence-corrected chi connectivity index (χ1v) is 5.26. The zero-order chi connectivity index (χ0) is 11.3. The third-order valence-corrected chi connectivity index (χ3v) is 2.38. The standard InChI is InChI=1S/C12H18FNO/c1-9(15)7-8-14-10(2)11-3-5-12(13)6-4-11/h3-6,9-10,14-15H,7-8H2,1-2H3/t9?,10-/m0/s1. The smallest absolute Gasteiger partial charge is 0.123 e. The van der Waals surface area contributed by atoms with Gasteiger partial charge in [-0.05, 0) is 44.5 Å². The molecule has 0 saturated carbocycles. The van der Waals surface area contributed by atoms with Gasteiger partial charge in [-0.2, -0.15) is 0 Å². The number of hydrogen-bond donors (Lipinski definition) is 2. The molecule has 15 heavy (non-hydrogen) atoms. The summed E-state index contributed by atoms with van der Waals surface area (Å²) < 4.78 is 12.7. The topological polar surface area (TPSA) is 32.3 Å². The van der Waals surface area contributed by atoms with Crippen LogP contribution in [0.5, 0.6) is 0 Å². The van der Waals surface area contributed by atoms with Gasteiger partial charge in [0.2, 0.25) is 0 Å². The molecular weight excluding hydrogens is 193 g/mol. The number of aliphatic hydroxyl groups excluding tert-OH is 1. The van der Waals surface area contributed by atoms with E-state index in [2.05, 4.69) is 5.32 Å². The Hall–Kier alpha value is -0.930. The van der Waals surface area contributed by atoms with Crippen molar-refractivity contribution in [2.24, 2.45) is 0 Å². The molecule has 0 fully saturated rings. The molecule has 0 saturated heterocycles. The lowest BCUT2D eigenvalue weighted by molar-refractivity contribution is 0.182. The van der Waals surface area contributed by atoms with Gasteiger partial charge in [0.25, 0.3) is 0 Å². The molecular formula is C12H18FNO. The first-order valence-electron chi connectivity index (χ1n) is 5.26. The van der Waals surface area contributed by atoms with Crippen molar-refractivity contribution in [3.63, 3.8) is 0 Å². The average Bonchev–Trinajstić information content (AvgIpc) is 2.18. The van der Waals surface area contributed by atoms with Crippen LogP contribution in [0.25, 0.3) is 0 Å². The molecule has 0 heterocycles. The van der Waals surface area contributed by atoms with Crippen molar-refractivity contribution >= 4 is 0 Å². The Morgan fingerprint density at radius 1 is 1.27 bits per heavy atom. The zero-order valence-corrected chi connectivity index (χ0v) is 9.20. The largest absolute Gasteiger partial charge is 0.393 e. The molecule has 1 unspecified atom stereocenters. The number of benzene rings is 1. The highest BCUT2D eigenvalue weighted by Crippen LogP contribution is 2.12. The maximum atomic E-state index is 12.7. The molecule has 0 bridgehead atoms. The number of nitrogens with one attached hydrogen (secondary N) is 1. The van der Waals surface area contributed by atoms with E-state index in [0.717, 1.165) is 18.5 Å². The van der Waals surface area contributed by atoms with Gasteiger partial charge in [0.05, 0.1) is 6.10 Å². The van der Waals surface area contributed by atoms with Gasteiger partial charge in [-0.1, -0.05) is 12.1 Å². The van der Waals surface area contributed by atoms with Crippen molar-refractivity contribution in [3.8, 4) is 0 Å². The molecule has 0 spiro atoms. The summed E-state index contributed by atoms with van der Waals surface area (Å²) in [4.78, 5) is 0. The Labute approximate surface area is 90.1 Å². The van der Waals surface area contributed by atoms with Gasteiger partial charge in [0, 0.05) is 6.04 Å². The lowest BCUT2D eigenvalue weighted by Crippen LogP contribution is -2.22. The fraction of sp³-hybridized carbons (Fsp3) is 0.500. The summed E-state index contributed by atoms with van der Waals surface area (Å²) in [5.74, 6) is -0.213. The van der Waals surface area contributed by atoms with E-state index in [4.69, 9.17) is 5.11 Å². The monoisotopic (exact) mass is 211 g/mol. The fourth-order valence-corrected chi connectivity index (χ4v) is 1.38. The number of aliphatic hydroxyl groups is 1. The van der Waals surface area contributed by atoms with Gasteiger partial charge >= 0.3 is 0 Å². The summed E-state index contributed by atoms with van der Waals surface area (Å²) >= 11 is 0. The van der Waals surface area contributed by atoms with E-state index in [1.807, 2.05) is 6.92 Å². The summed E-state index contributed by atoms with van der Waals surface area (Å²) in [6.45, 7) is 4.55. The second-order valence-corrected chi connectivity index (χ2v) is 3.87. The summed E-state index contributed by atoms with van der Waals surface area (Å²) in [6, 6.07) is 6.65. The van der Waals surface area contributed by atoms with Crippen molar-refractivity contribution in [1.82, 2.24) is 5.32 Å². The molecule has 1 aromatic carbocycles. The summed E-state index contributed by atoms with van der Waals surface area (Å²) in [7, 11) is 0. The molecule has 0 radical (unpaired) electrons. The molecule has 0 aliphatic rings. The van der Waals surface area contributed by atoms with Crippen LogP contribution in [-0.2, 0) is 0 Å². The molecule has 1 rings (SSSR count). The van der Waals surface area contributed by atoms with Crippen molar-refractivity contribution in [2.75, 3.05) is 6.54 Å². The number of hydrogen-bond acceptors (Lipinski definition) is 2. The zero-order valence-electron chi connectivity index (χ0n) is 9.20. The minimum absolute atomic E-state index is 0.185. The minimum atomic E-state index is -0.280. The summed E-state index contributed by atoms with van der Waals surface area (Å²) in [5, 5.41) is 12.3. The van der Waals surface area contributed by atoms with E-state index in [1.54, 1.807) is 19.1 Å². The first-order chi connectivity index (χ1) is 7.09. The number of halogens is 1. The Kier molecular flexibility index (Phi) is 4.72. The maximum absolute atomic E-state index is 12.7. The lowest BCUT2D eigenvalue weighted by Gasteiger charge is -2.14. The molecule has 0 amide bonds. The van der Waals surface area contributed by atoms with Gasteiger partial charge < -0.3 is 10.4 Å². The predicted octanol–water partition coefficient (Wildman–Crippen LogP) is 2.25. The SMILES string of the molecule is CC(O)CCN[C@@H](C)c1ccc(F)cc1. The lowest BCUT2D eigenvalue weighted by atomic mass is 10.1. The molecule has 0 aromatic heterocycles. The highest BCUT2D eigenvalue weighted by atomic mass is 19.1. The quantitative estimate of drug-likeness (QED) is 0.783. The van der Waals surface area contributed by atoms with Crippen molar-refractivity contribution in [3.05, 3.63) is 35.6 Å². The second kappa shape index (κ2) is 5.83. The van der Waals surface area contributed by atoms with E-state index in [0.29, 0.717) is 0 Å². The first kappa shape index (κ1) is 12.1. The van der Waals surface area contributed by atoms with E-state index >= 15 is 0 Å². The Bertz CT molecular complexity index is 284. The van der Waals surface area contributed by atoms with Crippen LogP contribution in [0.15, 0.2) is 24.3 Å². The second-order valence-electron chi connectivity index (χ2n) is 3.87. The van der Waals surface area contributed by atoms with Gasteiger partial charge in [0.1, 0.15) is 5.82 Å². The van der Waals surface area contributed by atoms with Crippen molar-refractivity contribution in [2.45, 2.75) is 32.4 Å². The summed E-state index contributed by atoms with van der Waals surface area (Å²) in [5.41, 5.74) is 1.06. The van der Waals surface area contributed by atoms with E-state index in [9.17, 15) is 4.39 Å². The van der Waals surface area contributed by atoms with Crippen LogP contribution < -0.4 is 5.32 Å².